The molecular formula is C20H26N4O3. The molecule has 2 amide bonds. The highest BCUT2D eigenvalue weighted by atomic mass is 16.5. The van der Waals surface area contributed by atoms with Gasteiger partial charge in [0.15, 0.2) is 5.82 Å². The lowest BCUT2D eigenvalue weighted by molar-refractivity contribution is -0.120. The van der Waals surface area contributed by atoms with Gasteiger partial charge in [0.05, 0.1) is 0 Å². The lowest BCUT2D eigenvalue weighted by Gasteiger charge is -2.06. The Morgan fingerprint density at radius 3 is 2.59 bits per heavy atom. The number of nitrogens with one attached hydrogen (secondary N) is 2. The number of benzene rings is 1. The number of amides is 2. The van der Waals surface area contributed by atoms with E-state index in [1.165, 1.54) is 12.8 Å². The monoisotopic (exact) mass is 370 g/mol. The maximum absolute atomic E-state index is 12.0. The number of carbonyl (C=O) groups is 2. The number of aryl methyl sites for hydroxylation is 1. The first-order valence-electron chi connectivity index (χ1n) is 9.56. The molecule has 0 unspecified atom stereocenters. The normalized spacial score (nSPS) is 14.3. The van der Waals surface area contributed by atoms with E-state index in [2.05, 4.69) is 20.8 Å². The van der Waals surface area contributed by atoms with Crippen molar-refractivity contribution in [2.45, 2.75) is 51.4 Å². The minimum absolute atomic E-state index is 0.112. The van der Waals surface area contributed by atoms with Gasteiger partial charge in [-0.1, -0.05) is 35.7 Å². The summed E-state index contributed by atoms with van der Waals surface area (Å²) >= 11 is 0. The summed E-state index contributed by atoms with van der Waals surface area (Å²) in [6, 6.07) is 7.32. The SMILES string of the molecule is Cc1ccc(C(=O)NCCC(=O)NCCc2noc(C3CCCC3)n2)cc1. The van der Waals surface area contributed by atoms with Crippen molar-refractivity contribution in [2.75, 3.05) is 13.1 Å². The Kier molecular flexibility index (Phi) is 6.57. The smallest absolute Gasteiger partial charge is 0.251 e. The summed E-state index contributed by atoms with van der Waals surface area (Å²) < 4.78 is 5.33. The molecule has 144 valence electrons. The van der Waals surface area contributed by atoms with Crippen molar-refractivity contribution in [1.29, 1.82) is 0 Å². The van der Waals surface area contributed by atoms with Crippen LogP contribution in [0.2, 0.25) is 0 Å². The zero-order valence-corrected chi connectivity index (χ0v) is 15.7. The van der Waals surface area contributed by atoms with Crippen molar-refractivity contribution >= 4 is 11.8 Å². The van der Waals surface area contributed by atoms with Crippen molar-refractivity contribution in [1.82, 2.24) is 20.8 Å². The van der Waals surface area contributed by atoms with Gasteiger partial charge in [0.1, 0.15) is 0 Å². The number of nitrogens with zero attached hydrogens (tertiary/aromatic N) is 2. The van der Waals surface area contributed by atoms with Crippen molar-refractivity contribution in [2.24, 2.45) is 0 Å². The summed E-state index contributed by atoms with van der Waals surface area (Å²) in [7, 11) is 0. The van der Waals surface area contributed by atoms with Crippen LogP contribution in [0.5, 0.6) is 0 Å². The molecule has 1 aliphatic rings. The van der Waals surface area contributed by atoms with E-state index >= 15 is 0 Å². The van der Waals surface area contributed by atoms with Crippen molar-refractivity contribution in [3.8, 4) is 0 Å². The lowest BCUT2D eigenvalue weighted by Crippen LogP contribution is -2.31. The van der Waals surface area contributed by atoms with Crippen LogP contribution in [0.25, 0.3) is 0 Å². The number of hydrogen-bond donors (Lipinski definition) is 2. The Labute approximate surface area is 158 Å². The summed E-state index contributed by atoms with van der Waals surface area (Å²) in [4.78, 5) is 28.3. The summed E-state index contributed by atoms with van der Waals surface area (Å²) in [5.74, 6) is 1.48. The Morgan fingerprint density at radius 2 is 1.85 bits per heavy atom. The van der Waals surface area contributed by atoms with E-state index in [-0.39, 0.29) is 18.2 Å². The van der Waals surface area contributed by atoms with Crippen molar-refractivity contribution in [3.63, 3.8) is 0 Å². The number of aromatic nitrogens is 2. The fourth-order valence-electron chi connectivity index (χ4n) is 3.21. The molecule has 27 heavy (non-hydrogen) atoms. The molecule has 0 bridgehead atoms. The van der Waals surface area contributed by atoms with Crippen LogP contribution in [0.4, 0.5) is 0 Å². The highest BCUT2D eigenvalue weighted by molar-refractivity contribution is 5.94. The van der Waals surface area contributed by atoms with E-state index < -0.39 is 0 Å². The number of carbonyl (C=O) groups excluding carboxylic acids is 2. The van der Waals surface area contributed by atoms with E-state index in [4.69, 9.17) is 4.52 Å². The first kappa shape index (κ1) is 19.1. The van der Waals surface area contributed by atoms with Crippen molar-refractivity contribution in [3.05, 3.63) is 47.1 Å². The second-order valence-electron chi connectivity index (χ2n) is 7.00. The Hall–Kier alpha value is -2.70. The Bertz CT molecular complexity index is 764. The van der Waals surface area contributed by atoms with Gasteiger partial charge in [0.25, 0.3) is 5.91 Å². The molecule has 0 aliphatic heterocycles. The van der Waals surface area contributed by atoms with Crippen LogP contribution < -0.4 is 10.6 Å². The molecule has 1 fully saturated rings. The highest BCUT2D eigenvalue weighted by Gasteiger charge is 2.22. The van der Waals surface area contributed by atoms with E-state index in [1.54, 1.807) is 12.1 Å². The van der Waals surface area contributed by atoms with Gasteiger partial charge in [-0.2, -0.15) is 4.98 Å². The van der Waals surface area contributed by atoms with E-state index in [0.29, 0.717) is 36.8 Å². The second-order valence-corrected chi connectivity index (χ2v) is 7.00. The molecule has 0 atom stereocenters. The Morgan fingerprint density at radius 1 is 1.11 bits per heavy atom. The van der Waals surface area contributed by atoms with Gasteiger partial charge in [-0.25, -0.2) is 0 Å². The molecule has 1 aromatic carbocycles. The third-order valence-electron chi connectivity index (χ3n) is 4.81. The predicted molar refractivity (Wildman–Crippen MR) is 100 cm³/mol. The summed E-state index contributed by atoms with van der Waals surface area (Å²) in [6.07, 6.45) is 5.45. The maximum Gasteiger partial charge on any atom is 0.251 e. The zero-order valence-electron chi connectivity index (χ0n) is 15.7. The van der Waals surface area contributed by atoms with E-state index in [1.807, 2.05) is 19.1 Å². The highest BCUT2D eigenvalue weighted by Crippen LogP contribution is 2.32. The van der Waals surface area contributed by atoms with Gasteiger partial charge in [-0.05, 0) is 31.9 Å². The van der Waals surface area contributed by atoms with Crippen LogP contribution in [0, 0.1) is 6.92 Å². The summed E-state index contributed by atoms with van der Waals surface area (Å²) in [5.41, 5.74) is 1.69. The van der Waals surface area contributed by atoms with Gasteiger partial charge in [0.2, 0.25) is 11.8 Å². The van der Waals surface area contributed by atoms with Crippen LogP contribution in [-0.4, -0.2) is 35.0 Å². The van der Waals surface area contributed by atoms with Crippen molar-refractivity contribution < 1.29 is 14.1 Å². The fraction of sp³-hybridized carbons (Fsp3) is 0.500. The quantitative estimate of drug-likeness (QED) is 0.744. The van der Waals surface area contributed by atoms with Gasteiger partial charge in [-0.15, -0.1) is 0 Å². The van der Waals surface area contributed by atoms with Crippen LogP contribution >= 0.6 is 0 Å². The molecule has 0 saturated heterocycles. The molecule has 1 heterocycles. The molecule has 0 spiro atoms. The molecule has 7 nitrogen and oxygen atoms in total. The molecular weight excluding hydrogens is 344 g/mol. The largest absolute Gasteiger partial charge is 0.356 e. The second kappa shape index (κ2) is 9.30. The van der Waals surface area contributed by atoms with E-state index in [9.17, 15) is 9.59 Å². The topological polar surface area (TPSA) is 97.1 Å². The average Bonchev–Trinajstić information content (AvgIpc) is 3.34. The maximum atomic E-state index is 12.0. The Balaban J connectivity index is 1.31. The van der Waals surface area contributed by atoms with Gasteiger partial charge in [-0.3, -0.25) is 9.59 Å². The molecule has 3 rings (SSSR count). The fourth-order valence-corrected chi connectivity index (χ4v) is 3.21. The minimum atomic E-state index is -0.172. The molecule has 2 aromatic rings. The van der Waals surface area contributed by atoms with Gasteiger partial charge in [0, 0.05) is 37.4 Å². The molecule has 1 saturated carbocycles. The summed E-state index contributed by atoms with van der Waals surface area (Å²) in [5, 5.41) is 9.56. The van der Waals surface area contributed by atoms with Crippen LogP contribution in [0.1, 0.15) is 65.7 Å². The molecule has 1 aliphatic carbocycles. The van der Waals surface area contributed by atoms with Gasteiger partial charge >= 0.3 is 0 Å². The molecule has 1 aromatic heterocycles. The molecule has 2 N–H and O–H groups in total. The van der Waals surface area contributed by atoms with Crippen LogP contribution in [0.15, 0.2) is 28.8 Å². The standard InChI is InChI=1S/C20H26N4O3/c1-14-6-8-15(9-7-14)19(26)22-13-11-18(25)21-12-10-17-23-20(27-24-17)16-4-2-3-5-16/h6-9,16H,2-5,10-13H2,1H3,(H,21,25)(H,22,26). The van der Waals surface area contributed by atoms with Gasteiger partial charge < -0.3 is 15.2 Å². The number of hydrogen-bond acceptors (Lipinski definition) is 5. The van der Waals surface area contributed by atoms with Crippen LogP contribution in [0.3, 0.4) is 0 Å². The molecule has 0 radical (unpaired) electrons. The predicted octanol–water partition coefficient (Wildman–Crippen LogP) is 2.51. The molecule has 7 heteroatoms. The van der Waals surface area contributed by atoms with E-state index in [0.717, 1.165) is 24.3 Å². The average molecular weight is 370 g/mol. The zero-order chi connectivity index (χ0) is 19.1. The number of rotatable bonds is 8. The minimum Gasteiger partial charge on any atom is -0.356 e. The first-order chi connectivity index (χ1) is 13.1. The third-order valence-corrected chi connectivity index (χ3v) is 4.81. The lowest BCUT2D eigenvalue weighted by atomic mass is 10.1. The third kappa shape index (κ3) is 5.64. The van der Waals surface area contributed by atoms with Crippen LogP contribution in [-0.2, 0) is 11.2 Å². The first-order valence-corrected chi connectivity index (χ1v) is 9.56. The summed E-state index contributed by atoms with van der Waals surface area (Å²) in [6.45, 7) is 2.72.